The number of carbonyl (C=O) groups is 2. The van der Waals surface area contributed by atoms with Gasteiger partial charge in [0, 0.05) is 50.7 Å². The number of para-hydroxylation sites is 1. The van der Waals surface area contributed by atoms with Crippen LogP contribution in [0.3, 0.4) is 0 Å². The van der Waals surface area contributed by atoms with Crippen molar-refractivity contribution < 1.29 is 19.4 Å². The fourth-order valence-electron chi connectivity index (χ4n) is 5.07. The second-order valence-corrected chi connectivity index (χ2v) is 8.72. The van der Waals surface area contributed by atoms with Crippen molar-refractivity contribution in [1.29, 1.82) is 0 Å². The van der Waals surface area contributed by atoms with Crippen LogP contribution >= 0.6 is 0 Å². The molecule has 1 N–H and O–H groups in total. The van der Waals surface area contributed by atoms with Crippen molar-refractivity contribution in [2.24, 2.45) is 0 Å². The van der Waals surface area contributed by atoms with Crippen LogP contribution in [0.15, 0.2) is 42.7 Å². The molecule has 2 fully saturated rings. The number of urea groups is 1. The zero-order valence-corrected chi connectivity index (χ0v) is 19.4. The summed E-state index contributed by atoms with van der Waals surface area (Å²) in [6.45, 7) is 4.80. The Bertz CT molecular complexity index is 989. The molecule has 0 bridgehead atoms. The number of ether oxygens (including phenoxy) is 1. The standard InChI is InChI=1S/C25H32N4O4/c1-3-29-24(32)28(14-6-8-19-7-5-13-26-17-19)23(31)25(29)11-15-27(16-12-25)18-20-9-4-10-21(33-2)22(20)30/h4-5,7,9-10,13,17,30H,3,6,8,11-12,14-16,18H2,1-2H3. The number of piperidine rings is 1. The van der Waals surface area contributed by atoms with Crippen molar-refractivity contribution in [3.05, 3.63) is 53.9 Å². The summed E-state index contributed by atoms with van der Waals surface area (Å²) in [6.07, 6.45) is 6.25. The molecular weight excluding hydrogens is 420 g/mol. The van der Waals surface area contributed by atoms with Gasteiger partial charge in [0.25, 0.3) is 5.91 Å². The summed E-state index contributed by atoms with van der Waals surface area (Å²) >= 11 is 0. The molecule has 0 aliphatic carbocycles. The lowest BCUT2D eigenvalue weighted by Gasteiger charge is -2.42. The van der Waals surface area contributed by atoms with Crippen LogP contribution in [0.1, 0.15) is 37.3 Å². The Kier molecular flexibility index (Phi) is 6.83. The van der Waals surface area contributed by atoms with Crippen LogP contribution in [0.2, 0.25) is 0 Å². The lowest BCUT2D eigenvalue weighted by Crippen LogP contribution is -2.56. The second-order valence-electron chi connectivity index (χ2n) is 8.72. The highest BCUT2D eigenvalue weighted by Gasteiger charge is 2.57. The summed E-state index contributed by atoms with van der Waals surface area (Å²) in [6, 6.07) is 9.21. The number of methoxy groups -OCH3 is 1. The van der Waals surface area contributed by atoms with Crippen LogP contribution in [-0.2, 0) is 17.8 Å². The predicted octanol–water partition coefficient (Wildman–Crippen LogP) is 3.05. The van der Waals surface area contributed by atoms with E-state index in [0.717, 1.165) is 24.0 Å². The topological polar surface area (TPSA) is 86.2 Å². The van der Waals surface area contributed by atoms with E-state index in [0.29, 0.717) is 51.3 Å². The Labute approximate surface area is 194 Å². The van der Waals surface area contributed by atoms with Gasteiger partial charge in [-0.25, -0.2) is 4.79 Å². The molecule has 1 spiro atoms. The molecule has 2 aromatic rings. The molecule has 176 valence electrons. The molecule has 0 atom stereocenters. The van der Waals surface area contributed by atoms with Gasteiger partial charge < -0.3 is 14.7 Å². The minimum atomic E-state index is -0.757. The third-order valence-electron chi connectivity index (χ3n) is 6.89. The third-order valence-corrected chi connectivity index (χ3v) is 6.89. The van der Waals surface area contributed by atoms with Crippen LogP contribution in [0, 0.1) is 0 Å². The predicted molar refractivity (Wildman–Crippen MR) is 124 cm³/mol. The number of phenolic OH excluding ortho intramolecular Hbond substituents is 1. The maximum Gasteiger partial charge on any atom is 0.327 e. The average Bonchev–Trinajstić information content (AvgIpc) is 3.03. The maximum absolute atomic E-state index is 13.5. The number of pyridine rings is 1. The van der Waals surface area contributed by atoms with Gasteiger partial charge in [-0.05, 0) is 50.3 Å². The molecule has 1 aromatic heterocycles. The summed E-state index contributed by atoms with van der Waals surface area (Å²) in [5, 5.41) is 10.4. The van der Waals surface area contributed by atoms with E-state index in [1.54, 1.807) is 17.2 Å². The molecule has 2 aliphatic rings. The van der Waals surface area contributed by atoms with E-state index in [2.05, 4.69) is 9.88 Å². The third kappa shape index (κ3) is 4.39. The number of hydrogen-bond donors (Lipinski definition) is 1. The van der Waals surface area contributed by atoms with Crippen LogP contribution in [0.4, 0.5) is 4.79 Å². The van der Waals surface area contributed by atoms with E-state index in [1.165, 1.54) is 12.0 Å². The monoisotopic (exact) mass is 452 g/mol. The highest BCUT2D eigenvalue weighted by atomic mass is 16.5. The molecule has 8 heteroatoms. The Balaban J connectivity index is 1.40. The summed E-state index contributed by atoms with van der Waals surface area (Å²) in [7, 11) is 1.54. The maximum atomic E-state index is 13.5. The Hall–Kier alpha value is -3.13. The highest BCUT2D eigenvalue weighted by Crippen LogP contribution is 2.38. The number of carbonyl (C=O) groups excluding carboxylic acids is 2. The number of rotatable bonds is 8. The molecule has 0 saturated carbocycles. The molecule has 0 radical (unpaired) electrons. The number of imide groups is 1. The van der Waals surface area contributed by atoms with Gasteiger partial charge in [0.1, 0.15) is 5.54 Å². The van der Waals surface area contributed by atoms with E-state index in [-0.39, 0.29) is 17.7 Å². The van der Waals surface area contributed by atoms with Gasteiger partial charge in [-0.1, -0.05) is 18.2 Å². The number of benzene rings is 1. The van der Waals surface area contributed by atoms with Crippen molar-refractivity contribution in [2.45, 2.75) is 44.7 Å². The number of likely N-dealkylation sites (N-methyl/N-ethyl adjacent to an activating group) is 1. The van der Waals surface area contributed by atoms with Gasteiger partial charge in [0.05, 0.1) is 7.11 Å². The Morgan fingerprint density at radius 1 is 1.15 bits per heavy atom. The number of aromatic nitrogens is 1. The van der Waals surface area contributed by atoms with Gasteiger partial charge >= 0.3 is 6.03 Å². The lowest BCUT2D eigenvalue weighted by molar-refractivity contribution is -0.135. The Morgan fingerprint density at radius 2 is 1.94 bits per heavy atom. The Morgan fingerprint density at radius 3 is 2.61 bits per heavy atom. The van der Waals surface area contributed by atoms with Crippen molar-refractivity contribution in [1.82, 2.24) is 19.7 Å². The molecule has 2 aliphatic heterocycles. The number of phenols is 1. The summed E-state index contributed by atoms with van der Waals surface area (Å²) < 4.78 is 5.21. The molecule has 3 amide bonds. The van der Waals surface area contributed by atoms with Crippen molar-refractivity contribution in [3.63, 3.8) is 0 Å². The minimum Gasteiger partial charge on any atom is -0.504 e. The zero-order chi connectivity index (χ0) is 23.4. The van der Waals surface area contributed by atoms with Crippen LogP contribution in [0.25, 0.3) is 0 Å². The van der Waals surface area contributed by atoms with E-state index < -0.39 is 5.54 Å². The smallest absolute Gasteiger partial charge is 0.327 e. The van der Waals surface area contributed by atoms with E-state index in [4.69, 9.17) is 4.74 Å². The molecule has 33 heavy (non-hydrogen) atoms. The SMILES string of the molecule is CCN1C(=O)N(CCCc2cccnc2)C(=O)C12CCN(Cc1cccc(OC)c1O)CC2. The molecule has 4 rings (SSSR count). The number of nitrogens with zero attached hydrogens (tertiary/aromatic N) is 4. The van der Waals surface area contributed by atoms with E-state index in [1.807, 2.05) is 37.4 Å². The minimum absolute atomic E-state index is 0.0654. The fraction of sp³-hybridized carbons (Fsp3) is 0.480. The first kappa shape index (κ1) is 23.0. The van der Waals surface area contributed by atoms with Crippen molar-refractivity contribution in [3.8, 4) is 11.5 Å². The fourth-order valence-corrected chi connectivity index (χ4v) is 5.07. The largest absolute Gasteiger partial charge is 0.504 e. The summed E-state index contributed by atoms with van der Waals surface area (Å²) in [5.41, 5.74) is 1.14. The van der Waals surface area contributed by atoms with Crippen molar-refractivity contribution in [2.75, 3.05) is 33.3 Å². The van der Waals surface area contributed by atoms with E-state index in [9.17, 15) is 14.7 Å². The second kappa shape index (κ2) is 9.79. The van der Waals surface area contributed by atoms with Gasteiger partial charge in [-0.2, -0.15) is 0 Å². The number of amides is 3. The van der Waals surface area contributed by atoms with Gasteiger partial charge in [0.15, 0.2) is 11.5 Å². The van der Waals surface area contributed by atoms with Gasteiger partial charge in [0.2, 0.25) is 0 Å². The molecular formula is C25H32N4O4. The van der Waals surface area contributed by atoms with Crippen LogP contribution < -0.4 is 4.74 Å². The molecule has 0 unspecified atom stereocenters. The summed E-state index contributed by atoms with van der Waals surface area (Å²) in [4.78, 5) is 36.1. The lowest BCUT2D eigenvalue weighted by atomic mass is 9.85. The van der Waals surface area contributed by atoms with Gasteiger partial charge in [-0.3, -0.25) is 19.6 Å². The first-order valence-electron chi connectivity index (χ1n) is 11.6. The number of hydrogen-bond acceptors (Lipinski definition) is 6. The zero-order valence-electron chi connectivity index (χ0n) is 19.4. The number of likely N-dealkylation sites (tertiary alicyclic amines) is 1. The van der Waals surface area contributed by atoms with E-state index >= 15 is 0 Å². The number of aromatic hydroxyl groups is 1. The quantitative estimate of drug-likeness (QED) is 0.620. The van der Waals surface area contributed by atoms with Gasteiger partial charge in [-0.15, -0.1) is 0 Å². The average molecular weight is 453 g/mol. The van der Waals surface area contributed by atoms with Crippen molar-refractivity contribution >= 4 is 11.9 Å². The molecule has 8 nitrogen and oxygen atoms in total. The number of aryl methyl sites for hydroxylation is 1. The summed E-state index contributed by atoms with van der Waals surface area (Å²) in [5.74, 6) is 0.545. The van der Waals surface area contributed by atoms with Crippen LogP contribution in [-0.4, -0.2) is 75.6 Å². The molecule has 3 heterocycles. The normalized spacial score (nSPS) is 18.4. The first-order chi connectivity index (χ1) is 16.0. The molecule has 1 aromatic carbocycles. The van der Waals surface area contributed by atoms with Crippen LogP contribution in [0.5, 0.6) is 11.5 Å². The first-order valence-corrected chi connectivity index (χ1v) is 11.6. The molecule has 2 saturated heterocycles. The highest BCUT2D eigenvalue weighted by molar-refractivity contribution is 6.07.